The van der Waals surface area contributed by atoms with Gasteiger partial charge < -0.3 is 29.9 Å². The van der Waals surface area contributed by atoms with Gasteiger partial charge in [-0.05, 0) is 53.9 Å². The minimum Gasteiger partial charge on any atom is -0.490 e. The highest BCUT2D eigenvalue weighted by Crippen LogP contribution is 2.40. The molecule has 0 fully saturated rings. The van der Waals surface area contributed by atoms with E-state index in [1.165, 1.54) is 11.1 Å². The fraction of sp³-hybridized carbons (Fsp3) is 0.276. The van der Waals surface area contributed by atoms with Crippen LogP contribution in [0.3, 0.4) is 0 Å². The molecule has 0 bridgehead atoms. The molecule has 0 radical (unpaired) electrons. The van der Waals surface area contributed by atoms with Crippen LogP contribution in [0.5, 0.6) is 11.5 Å². The predicted octanol–water partition coefficient (Wildman–Crippen LogP) is 4.00. The quantitative estimate of drug-likeness (QED) is 0.390. The van der Waals surface area contributed by atoms with Crippen LogP contribution in [0.4, 0.5) is 11.4 Å². The zero-order valence-corrected chi connectivity index (χ0v) is 20.6. The molecule has 0 saturated heterocycles. The number of para-hydroxylation sites is 1. The van der Waals surface area contributed by atoms with Crippen molar-refractivity contribution in [3.05, 3.63) is 83.4 Å². The van der Waals surface area contributed by atoms with Crippen molar-refractivity contribution in [3.63, 3.8) is 0 Å². The molecule has 9 heteroatoms. The zero-order chi connectivity index (χ0) is 26.6. The maximum atomic E-state index is 13.0. The summed E-state index contributed by atoms with van der Waals surface area (Å²) in [5, 5.41) is 21.4. The molecule has 3 aromatic carbocycles. The van der Waals surface area contributed by atoms with E-state index < -0.39 is 18.0 Å². The van der Waals surface area contributed by atoms with Gasteiger partial charge in [-0.3, -0.25) is 9.59 Å². The Morgan fingerprint density at radius 2 is 1.66 bits per heavy atom. The van der Waals surface area contributed by atoms with Gasteiger partial charge in [0.1, 0.15) is 11.9 Å². The normalized spacial score (nSPS) is 16.2. The van der Waals surface area contributed by atoms with Gasteiger partial charge in [0.2, 0.25) is 6.10 Å². The minimum absolute atomic E-state index is 0.0335. The molecule has 0 aromatic heterocycles. The lowest BCUT2D eigenvalue weighted by Gasteiger charge is -2.35. The Balaban J connectivity index is 1.27. The number of benzene rings is 3. The molecule has 2 aliphatic rings. The fourth-order valence-corrected chi connectivity index (χ4v) is 4.91. The molecule has 3 aromatic rings. The molecule has 3 N–H and O–H groups in total. The number of fused-ring (bicyclic) bond motifs is 2. The van der Waals surface area contributed by atoms with E-state index in [1.54, 1.807) is 47.4 Å². The van der Waals surface area contributed by atoms with Gasteiger partial charge in [0, 0.05) is 31.4 Å². The average Bonchev–Trinajstić information content (AvgIpc) is 3.31. The summed E-state index contributed by atoms with van der Waals surface area (Å²) in [6.07, 6.45) is 0.918. The first kappa shape index (κ1) is 25.1. The maximum Gasteiger partial charge on any atom is 0.346 e. The predicted molar refractivity (Wildman–Crippen MR) is 140 cm³/mol. The smallest absolute Gasteiger partial charge is 0.346 e. The molecule has 9 nitrogen and oxygen atoms in total. The number of hydrogen-bond acceptors (Lipinski definition) is 6. The van der Waals surface area contributed by atoms with Crippen molar-refractivity contribution < 1.29 is 34.1 Å². The Morgan fingerprint density at radius 3 is 2.32 bits per heavy atom. The summed E-state index contributed by atoms with van der Waals surface area (Å²) in [5.74, 6) is -1.51. The Bertz CT molecular complexity index is 1330. The topological polar surface area (TPSA) is 125 Å². The van der Waals surface area contributed by atoms with Gasteiger partial charge in [0.25, 0.3) is 5.91 Å². The average molecular weight is 517 g/mol. The lowest BCUT2D eigenvalue weighted by atomic mass is 10.1. The van der Waals surface area contributed by atoms with Crippen molar-refractivity contribution in [1.82, 2.24) is 0 Å². The van der Waals surface area contributed by atoms with E-state index in [4.69, 9.17) is 14.6 Å². The third-order valence-electron chi connectivity index (χ3n) is 6.76. The van der Waals surface area contributed by atoms with Crippen molar-refractivity contribution in [1.29, 1.82) is 0 Å². The van der Waals surface area contributed by atoms with Gasteiger partial charge in [-0.1, -0.05) is 30.3 Å². The van der Waals surface area contributed by atoms with Crippen molar-refractivity contribution in [3.8, 4) is 11.5 Å². The van der Waals surface area contributed by atoms with Crippen molar-refractivity contribution >= 4 is 29.2 Å². The van der Waals surface area contributed by atoms with Gasteiger partial charge in [0.15, 0.2) is 5.75 Å². The van der Waals surface area contributed by atoms with E-state index in [2.05, 4.69) is 17.4 Å². The maximum absolute atomic E-state index is 13.0. The van der Waals surface area contributed by atoms with Crippen molar-refractivity contribution in [2.75, 3.05) is 23.3 Å². The lowest BCUT2D eigenvalue weighted by Crippen LogP contribution is -2.45. The number of aliphatic carboxylic acids is 2. The van der Waals surface area contributed by atoms with Crippen LogP contribution in [0.1, 0.15) is 34.3 Å². The molecule has 1 aliphatic heterocycles. The molecule has 1 aliphatic carbocycles. The summed E-state index contributed by atoms with van der Waals surface area (Å²) in [7, 11) is 0. The Hall–Kier alpha value is -4.53. The minimum atomic E-state index is -1.15. The highest BCUT2D eigenvalue weighted by molar-refractivity contribution is 6.05. The standard InChI is InChI=1S/C29H28N2O7/c32-26(33)9-4-14-31-17-25(29(35)36)38-27-23(7-3-8-24(27)31)30-28(34)18-10-12-21(13-11-18)37-22-15-19-5-1-2-6-20(19)16-22/h1-3,5-8,10-13,22,25H,4,9,14-17H2,(H,30,34)(H,32,33)(H,35,36). The molecule has 38 heavy (non-hydrogen) atoms. The van der Waals surface area contributed by atoms with Crippen LogP contribution < -0.4 is 19.7 Å². The number of hydrogen-bond donors (Lipinski definition) is 3. The summed E-state index contributed by atoms with van der Waals surface area (Å²) in [6.45, 7) is 0.421. The molecule has 1 heterocycles. The first-order chi connectivity index (χ1) is 18.4. The third kappa shape index (κ3) is 5.56. The van der Waals surface area contributed by atoms with Crippen LogP contribution in [0.25, 0.3) is 0 Å². The summed E-state index contributed by atoms with van der Waals surface area (Å²) in [6, 6.07) is 20.3. The number of carboxylic acids is 2. The van der Waals surface area contributed by atoms with Crippen LogP contribution in [0, 0.1) is 0 Å². The fourth-order valence-electron chi connectivity index (χ4n) is 4.91. The van der Waals surface area contributed by atoms with Gasteiger partial charge in [-0.25, -0.2) is 4.79 Å². The number of carbonyl (C=O) groups excluding carboxylic acids is 1. The van der Waals surface area contributed by atoms with Gasteiger partial charge in [0.05, 0.1) is 17.9 Å². The number of nitrogens with one attached hydrogen (secondary N) is 1. The number of carboxylic acid groups (broad SMARTS) is 2. The molecule has 1 atom stereocenters. The largest absolute Gasteiger partial charge is 0.490 e. The number of nitrogens with zero attached hydrogens (tertiary/aromatic N) is 1. The summed E-state index contributed by atoms with van der Waals surface area (Å²) >= 11 is 0. The SMILES string of the molecule is O=C(O)CCCN1CC(C(=O)O)Oc2c(NC(=O)c3ccc(OC4Cc5ccccc5C4)cc3)cccc21. The van der Waals surface area contributed by atoms with Crippen LogP contribution in [0.2, 0.25) is 0 Å². The molecular weight excluding hydrogens is 488 g/mol. The van der Waals surface area contributed by atoms with Crippen LogP contribution in [-0.2, 0) is 22.4 Å². The Kier molecular flexibility index (Phi) is 7.17. The number of rotatable bonds is 9. The number of anilines is 2. The van der Waals surface area contributed by atoms with Crippen LogP contribution in [0.15, 0.2) is 66.7 Å². The van der Waals surface area contributed by atoms with Crippen molar-refractivity contribution in [2.24, 2.45) is 0 Å². The van der Waals surface area contributed by atoms with Crippen LogP contribution in [-0.4, -0.2) is 53.4 Å². The second-order valence-electron chi connectivity index (χ2n) is 9.44. The molecule has 1 amide bonds. The van der Waals surface area contributed by atoms with Crippen molar-refractivity contribution in [2.45, 2.75) is 37.9 Å². The third-order valence-corrected chi connectivity index (χ3v) is 6.76. The van der Waals surface area contributed by atoms with E-state index >= 15 is 0 Å². The molecule has 0 spiro atoms. The Labute approximate surface area is 219 Å². The molecule has 1 unspecified atom stereocenters. The highest BCUT2D eigenvalue weighted by Gasteiger charge is 2.32. The van der Waals surface area contributed by atoms with Gasteiger partial charge in [-0.15, -0.1) is 0 Å². The Morgan fingerprint density at radius 1 is 0.947 bits per heavy atom. The summed E-state index contributed by atoms with van der Waals surface area (Å²) < 4.78 is 11.9. The van der Waals surface area contributed by atoms with E-state index in [0.29, 0.717) is 35.7 Å². The highest BCUT2D eigenvalue weighted by atomic mass is 16.5. The van der Waals surface area contributed by atoms with Gasteiger partial charge >= 0.3 is 11.9 Å². The second kappa shape index (κ2) is 10.8. The lowest BCUT2D eigenvalue weighted by molar-refractivity contribution is -0.145. The number of carbonyl (C=O) groups is 3. The van der Waals surface area contributed by atoms with Gasteiger partial charge in [-0.2, -0.15) is 0 Å². The van der Waals surface area contributed by atoms with E-state index in [-0.39, 0.29) is 30.7 Å². The number of ether oxygens (including phenoxy) is 2. The molecular formula is C29H28N2O7. The van der Waals surface area contributed by atoms with E-state index in [1.807, 2.05) is 12.1 Å². The first-order valence-electron chi connectivity index (χ1n) is 12.5. The van der Waals surface area contributed by atoms with Crippen LogP contribution >= 0.6 is 0 Å². The number of amides is 1. The van der Waals surface area contributed by atoms with E-state index in [0.717, 1.165) is 12.8 Å². The zero-order valence-electron chi connectivity index (χ0n) is 20.6. The molecule has 196 valence electrons. The first-order valence-corrected chi connectivity index (χ1v) is 12.5. The molecule has 0 saturated carbocycles. The van der Waals surface area contributed by atoms with E-state index in [9.17, 15) is 19.5 Å². The summed E-state index contributed by atoms with van der Waals surface area (Å²) in [4.78, 5) is 37.5. The summed E-state index contributed by atoms with van der Waals surface area (Å²) in [5.41, 5.74) is 3.95. The second-order valence-corrected chi connectivity index (χ2v) is 9.44. The molecule has 5 rings (SSSR count). The monoisotopic (exact) mass is 516 g/mol.